The van der Waals surface area contributed by atoms with Gasteiger partial charge in [0.1, 0.15) is 30.3 Å². The summed E-state index contributed by atoms with van der Waals surface area (Å²) < 4.78 is 32.1. The number of hydrogen-bond donors (Lipinski definition) is 3. The summed E-state index contributed by atoms with van der Waals surface area (Å²) in [6, 6.07) is 6.07. The number of amides is 1. The van der Waals surface area contributed by atoms with Crippen LogP contribution in [0.4, 0.5) is 5.82 Å². The molecule has 3 rings (SSSR count). The van der Waals surface area contributed by atoms with Crippen LogP contribution in [0.1, 0.15) is 38.1 Å². The average Bonchev–Trinajstić information content (AvgIpc) is 3.29. The summed E-state index contributed by atoms with van der Waals surface area (Å²) in [4.78, 5) is 38.1. The second-order valence-electron chi connectivity index (χ2n) is 9.19. The number of carbonyl (C=O) groups excluding carboxylic acids is 2. The standard InChI is InChI=1S/C24H33ClN7O6P/c1-5-36-10-11-37-23(34)24(3,4)31-39(35,30-22(33)17-6-8-18(25)9-7-17)15-38-16(2)12-32-14-29-19-20(26)27-13-28-21(19)32/h6-9,13-14,16H,5,10-12,15H2,1-4H3,(H2,26,27,28)(H2,30,31,33,35)/t16-,39+/m1/s1. The predicted octanol–water partition coefficient (Wildman–Crippen LogP) is 3.00. The molecule has 1 amide bonds. The number of hydrogen-bond acceptors (Lipinski definition) is 10. The number of esters is 1. The van der Waals surface area contributed by atoms with Crippen molar-refractivity contribution in [2.75, 3.05) is 31.9 Å². The summed E-state index contributed by atoms with van der Waals surface area (Å²) in [6.07, 6.45) is 1.97. The zero-order chi connectivity index (χ0) is 28.6. The van der Waals surface area contributed by atoms with Crippen molar-refractivity contribution in [1.82, 2.24) is 29.7 Å². The number of anilines is 1. The molecule has 2 heterocycles. The fraction of sp³-hybridized carbons (Fsp3) is 0.458. The summed E-state index contributed by atoms with van der Waals surface area (Å²) in [5.74, 6) is -1.05. The van der Waals surface area contributed by atoms with Crippen molar-refractivity contribution in [2.45, 2.75) is 45.9 Å². The van der Waals surface area contributed by atoms with E-state index in [1.54, 1.807) is 30.0 Å². The summed E-state index contributed by atoms with van der Waals surface area (Å²) in [5, 5.41) is 5.74. The van der Waals surface area contributed by atoms with Crippen molar-refractivity contribution in [1.29, 1.82) is 0 Å². The van der Waals surface area contributed by atoms with E-state index in [1.165, 1.54) is 32.3 Å². The smallest absolute Gasteiger partial charge is 0.326 e. The number of nitrogens with zero attached hydrogens (tertiary/aromatic N) is 4. The van der Waals surface area contributed by atoms with E-state index in [1.807, 2.05) is 6.92 Å². The summed E-state index contributed by atoms with van der Waals surface area (Å²) in [5.41, 5.74) is 5.62. The van der Waals surface area contributed by atoms with Gasteiger partial charge in [-0.25, -0.2) is 20.0 Å². The maximum atomic E-state index is 14.0. The molecule has 0 spiro atoms. The van der Waals surface area contributed by atoms with Gasteiger partial charge in [0.15, 0.2) is 11.5 Å². The number of benzene rings is 1. The molecule has 39 heavy (non-hydrogen) atoms. The van der Waals surface area contributed by atoms with Gasteiger partial charge in [0, 0.05) is 17.2 Å². The molecule has 0 fully saturated rings. The first-order valence-electron chi connectivity index (χ1n) is 12.2. The number of imidazole rings is 1. The van der Waals surface area contributed by atoms with E-state index in [4.69, 9.17) is 31.5 Å². The molecule has 3 aromatic rings. The molecule has 2 aromatic heterocycles. The second-order valence-corrected chi connectivity index (χ2v) is 11.8. The number of ether oxygens (including phenoxy) is 3. The lowest BCUT2D eigenvalue weighted by molar-refractivity contribution is -0.151. The monoisotopic (exact) mass is 581 g/mol. The maximum absolute atomic E-state index is 14.0. The highest BCUT2D eigenvalue weighted by Gasteiger charge is 2.39. The van der Waals surface area contributed by atoms with Gasteiger partial charge in [-0.3, -0.25) is 19.2 Å². The quantitative estimate of drug-likeness (QED) is 0.145. The van der Waals surface area contributed by atoms with Gasteiger partial charge in [-0.1, -0.05) is 11.6 Å². The summed E-state index contributed by atoms with van der Waals surface area (Å²) in [7, 11) is -3.88. The van der Waals surface area contributed by atoms with E-state index in [-0.39, 0.29) is 24.6 Å². The molecule has 212 valence electrons. The molecule has 0 radical (unpaired) electrons. The minimum atomic E-state index is -3.88. The lowest BCUT2D eigenvalue weighted by Gasteiger charge is -2.31. The number of rotatable bonds is 14. The van der Waals surface area contributed by atoms with Crippen molar-refractivity contribution in [3.63, 3.8) is 0 Å². The number of nitrogens with two attached hydrogens (primary N) is 1. The van der Waals surface area contributed by atoms with Gasteiger partial charge >= 0.3 is 5.97 Å². The molecule has 0 bridgehead atoms. The van der Waals surface area contributed by atoms with E-state index in [2.05, 4.69) is 25.1 Å². The van der Waals surface area contributed by atoms with E-state index >= 15 is 0 Å². The molecule has 1 aromatic carbocycles. The first-order valence-corrected chi connectivity index (χ1v) is 14.5. The van der Waals surface area contributed by atoms with Crippen LogP contribution in [0.25, 0.3) is 11.2 Å². The zero-order valence-electron chi connectivity index (χ0n) is 22.2. The number of halogens is 1. The van der Waals surface area contributed by atoms with Crippen LogP contribution in [0, 0.1) is 0 Å². The molecule has 0 aliphatic heterocycles. The maximum Gasteiger partial charge on any atom is 0.326 e. The Kier molecular flexibility index (Phi) is 10.4. The van der Waals surface area contributed by atoms with Crippen molar-refractivity contribution in [3.8, 4) is 0 Å². The number of carbonyl (C=O) groups is 2. The van der Waals surface area contributed by atoms with Crippen LogP contribution in [0.15, 0.2) is 36.9 Å². The van der Waals surface area contributed by atoms with E-state index in [0.717, 1.165) is 0 Å². The van der Waals surface area contributed by atoms with Crippen LogP contribution in [-0.2, 0) is 30.1 Å². The molecule has 2 atom stereocenters. The highest BCUT2D eigenvalue weighted by atomic mass is 35.5. The molecule has 0 aliphatic rings. The Hall–Kier alpha value is -3.09. The molecule has 13 nitrogen and oxygen atoms in total. The topological polar surface area (TPSA) is 173 Å². The van der Waals surface area contributed by atoms with Crippen LogP contribution in [-0.4, -0.2) is 69.2 Å². The first kappa shape index (κ1) is 30.5. The van der Waals surface area contributed by atoms with E-state index in [0.29, 0.717) is 29.3 Å². The van der Waals surface area contributed by atoms with Crippen LogP contribution in [0.5, 0.6) is 0 Å². The predicted molar refractivity (Wildman–Crippen MR) is 146 cm³/mol. The SMILES string of the molecule is CCOCCOC(=O)C(C)(C)N[P@](=O)(CO[C@H](C)Cn1cnc2c(N)ncnc21)NC(=O)c1ccc(Cl)cc1. The zero-order valence-corrected chi connectivity index (χ0v) is 23.9. The van der Waals surface area contributed by atoms with Crippen molar-refractivity contribution in [3.05, 3.63) is 47.5 Å². The number of aromatic nitrogens is 4. The average molecular weight is 582 g/mol. The third-order valence-electron chi connectivity index (χ3n) is 5.45. The van der Waals surface area contributed by atoms with Gasteiger partial charge in [-0.2, -0.15) is 0 Å². The van der Waals surface area contributed by atoms with Crippen LogP contribution in [0.2, 0.25) is 5.02 Å². The summed E-state index contributed by atoms with van der Waals surface area (Å²) >= 11 is 5.92. The normalized spacial score (nSPS) is 14.1. The van der Waals surface area contributed by atoms with Crippen LogP contribution in [0.3, 0.4) is 0 Å². The Bertz CT molecular complexity index is 1330. The Morgan fingerprint density at radius 3 is 2.59 bits per heavy atom. The number of nitrogens with one attached hydrogen (secondary N) is 2. The molecule has 15 heteroatoms. The third kappa shape index (κ3) is 8.45. The number of nitrogen functional groups attached to an aromatic ring is 1. The van der Waals surface area contributed by atoms with Crippen LogP contribution >= 0.6 is 19.0 Å². The lowest BCUT2D eigenvalue weighted by atomic mass is 10.1. The third-order valence-corrected chi connectivity index (χ3v) is 7.70. The van der Waals surface area contributed by atoms with Gasteiger partial charge in [0.05, 0.1) is 25.6 Å². The van der Waals surface area contributed by atoms with Crippen molar-refractivity contribution < 1.29 is 28.4 Å². The Labute approximate surface area is 231 Å². The molecule has 0 saturated carbocycles. The minimum Gasteiger partial charge on any atom is -0.462 e. The van der Waals surface area contributed by atoms with Crippen LogP contribution < -0.4 is 15.9 Å². The van der Waals surface area contributed by atoms with Crippen molar-refractivity contribution in [2.24, 2.45) is 0 Å². The largest absolute Gasteiger partial charge is 0.462 e. The van der Waals surface area contributed by atoms with Gasteiger partial charge < -0.3 is 24.5 Å². The Balaban J connectivity index is 1.74. The van der Waals surface area contributed by atoms with Gasteiger partial charge in [0.2, 0.25) is 0 Å². The molecule has 0 unspecified atom stereocenters. The molecular weight excluding hydrogens is 549 g/mol. The Morgan fingerprint density at radius 1 is 1.18 bits per heavy atom. The molecular formula is C24H33ClN7O6P. The van der Waals surface area contributed by atoms with Gasteiger partial charge in [-0.15, -0.1) is 0 Å². The van der Waals surface area contributed by atoms with Gasteiger partial charge in [-0.05, 0) is 52.0 Å². The fourth-order valence-corrected chi connectivity index (χ4v) is 5.76. The molecule has 0 aliphatic carbocycles. The van der Waals surface area contributed by atoms with E-state index in [9.17, 15) is 14.2 Å². The fourth-order valence-electron chi connectivity index (χ4n) is 3.53. The minimum absolute atomic E-state index is 0.0275. The van der Waals surface area contributed by atoms with Gasteiger partial charge in [0.25, 0.3) is 13.4 Å². The first-order chi connectivity index (χ1) is 18.4. The highest BCUT2D eigenvalue weighted by Crippen LogP contribution is 2.40. The number of fused-ring (bicyclic) bond motifs is 1. The van der Waals surface area contributed by atoms with Crippen molar-refractivity contribution >= 4 is 47.9 Å². The lowest BCUT2D eigenvalue weighted by Crippen LogP contribution is -2.49. The molecule has 0 saturated heterocycles. The highest BCUT2D eigenvalue weighted by molar-refractivity contribution is 7.60. The Morgan fingerprint density at radius 2 is 1.90 bits per heavy atom. The molecule has 4 N–H and O–H groups in total. The second kappa shape index (κ2) is 13.3. The van der Waals surface area contributed by atoms with E-state index < -0.39 is 37.3 Å². The summed E-state index contributed by atoms with van der Waals surface area (Å²) in [6.45, 7) is 7.62.